The fourth-order valence-corrected chi connectivity index (χ4v) is 4.26. The van der Waals surface area contributed by atoms with Gasteiger partial charge in [0, 0.05) is 10.5 Å². The van der Waals surface area contributed by atoms with Crippen LogP contribution in [-0.2, 0) is 0 Å². The number of benzene rings is 2. The van der Waals surface area contributed by atoms with Crippen molar-refractivity contribution in [2.75, 3.05) is 0 Å². The van der Waals surface area contributed by atoms with Crippen LogP contribution >= 0.6 is 23.1 Å². The molecule has 3 rings (SSSR count). The van der Waals surface area contributed by atoms with Crippen molar-refractivity contribution in [3.8, 4) is 0 Å². The van der Waals surface area contributed by atoms with Gasteiger partial charge in [0.25, 0.3) is 0 Å². The Balaban J connectivity index is 2.00. The van der Waals surface area contributed by atoms with Crippen molar-refractivity contribution in [1.82, 2.24) is 4.98 Å². The summed E-state index contributed by atoms with van der Waals surface area (Å²) in [6.07, 6.45) is -0.840. The van der Waals surface area contributed by atoms with E-state index in [2.05, 4.69) is 4.98 Å². The Kier molecular flexibility index (Phi) is 3.74. The van der Waals surface area contributed by atoms with Crippen molar-refractivity contribution in [1.29, 1.82) is 0 Å². The van der Waals surface area contributed by atoms with Crippen LogP contribution < -0.4 is 0 Å². The van der Waals surface area contributed by atoms with Crippen LogP contribution in [0.25, 0.3) is 10.2 Å². The van der Waals surface area contributed by atoms with E-state index in [-0.39, 0.29) is 5.82 Å². The van der Waals surface area contributed by atoms with Gasteiger partial charge in [-0.3, -0.25) is 0 Å². The van der Waals surface area contributed by atoms with Gasteiger partial charge in [-0.05, 0) is 31.2 Å². The van der Waals surface area contributed by atoms with Crippen LogP contribution in [0.4, 0.5) is 4.39 Å². The summed E-state index contributed by atoms with van der Waals surface area (Å²) in [6, 6.07) is 12.7. The molecule has 0 spiro atoms. The average molecular weight is 305 g/mol. The van der Waals surface area contributed by atoms with E-state index >= 15 is 0 Å². The summed E-state index contributed by atoms with van der Waals surface area (Å²) in [5.74, 6) is -0.383. The third kappa shape index (κ3) is 2.57. The van der Waals surface area contributed by atoms with Gasteiger partial charge in [0.05, 0.1) is 16.3 Å². The van der Waals surface area contributed by atoms with Crippen molar-refractivity contribution >= 4 is 33.3 Å². The first-order valence-electron chi connectivity index (χ1n) is 6.15. The Morgan fingerprint density at radius 3 is 2.75 bits per heavy atom. The van der Waals surface area contributed by atoms with Crippen LogP contribution in [0, 0.1) is 5.82 Å². The molecule has 2 nitrogen and oxygen atoms in total. The van der Waals surface area contributed by atoms with Crippen molar-refractivity contribution in [2.45, 2.75) is 22.3 Å². The molecule has 5 heteroatoms. The molecular weight excluding hydrogens is 293 g/mol. The molecule has 2 aromatic carbocycles. The van der Waals surface area contributed by atoms with E-state index in [4.69, 9.17) is 0 Å². The van der Waals surface area contributed by atoms with Crippen molar-refractivity contribution in [3.63, 3.8) is 0 Å². The first-order chi connectivity index (χ1) is 9.65. The fraction of sp³-hybridized carbons (Fsp3) is 0.133. The van der Waals surface area contributed by atoms with Gasteiger partial charge in [-0.25, -0.2) is 9.37 Å². The van der Waals surface area contributed by atoms with Gasteiger partial charge >= 0.3 is 0 Å². The first kappa shape index (κ1) is 13.5. The largest absolute Gasteiger partial charge is 0.389 e. The van der Waals surface area contributed by atoms with Gasteiger partial charge < -0.3 is 5.11 Å². The van der Waals surface area contributed by atoms with Crippen LogP contribution in [0.5, 0.6) is 0 Å². The molecule has 3 aromatic rings. The van der Waals surface area contributed by atoms with Gasteiger partial charge in [0.1, 0.15) is 5.82 Å². The lowest BCUT2D eigenvalue weighted by Crippen LogP contribution is -1.98. The lowest BCUT2D eigenvalue weighted by atomic mass is 10.1. The molecule has 1 N–H and O–H groups in total. The highest BCUT2D eigenvalue weighted by molar-refractivity contribution is 8.01. The number of para-hydroxylation sites is 1. The summed E-state index contributed by atoms with van der Waals surface area (Å²) in [4.78, 5) is 5.22. The quantitative estimate of drug-likeness (QED) is 0.765. The number of thiazole rings is 1. The molecule has 102 valence electrons. The molecule has 0 fully saturated rings. The Bertz CT molecular complexity index is 721. The second-order valence-electron chi connectivity index (χ2n) is 4.38. The zero-order valence-electron chi connectivity index (χ0n) is 10.7. The number of halogens is 1. The molecular formula is C15H12FNOS2. The summed E-state index contributed by atoms with van der Waals surface area (Å²) in [6.45, 7) is 1.57. The summed E-state index contributed by atoms with van der Waals surface area (Å²) in [5.41, 5.74) is 1.27. The summed E-state index contributed by atoms with van der Waals surface area (Å²) >= 11 is 2.96. The molecule has 1 atom stereocenters. The molecule has 0 unspecified atom stereocenters. The predicted octanol–water partition coefficient (Wildman–Crippen LogP) is 4.64. The minimum atomic E-state index is -0.840. The normalized spacial score (nSPS) is 12.8. The molecule has 1 heterocycles. The molecule has 0 radical (unpaired) electrons. The molecule has 0 bridgehead atoms. The molecule has 0 aliphatic heterocycles. The molecule has 0 saturated carbocycles. The molecule has 0 amide bonds. The zero-order chi connectivity index (χ0) is 14.1. The van der Waals surface area contributed by atoms with Crippen molar-refractivity contribution < 1.29 is 9.50 Å². The number of nitrogens with zero attached hydrogens (tertiary/aromatic N) is 1. The van der Waals surface area contributed by atoms with Crippen LogP contribution in [0.1, 0.15) is 18.6 Å². The molecule has 0 saturated heterocycles. The van der Waals surface area contributed by atoms with Gasteiger partial charge in [-0.15, -0.1) is 11.3 Å². The standard InChI is InChI=1S/C15H12FNOS2/c1-9(18)14-10(16)5-4-8-13(14)20-15-17-11-6-2-3-7-12(11)19-15/h2-9,18H,1H3/t9-/m0/s1. The maximum absolute atomic E-state index is 13.8. The minimum Gasteiger partial charge on any atom is -0.389 e. The topological polar surface area (TPSA) is 33.1 Å². The molecule has 1 aromatic heterocycles. The van der Waals surface area contributed by atoms with E-state index in [0.717, 1.165) is 14.6 Å². The van der Waals surface area contributed by atoms with Gasteiger partial charge in [-0.2, -0.15) is 0 Å². The van der Waals surface area contributed by atoms with E-state index in [1.54, 1.807) is 24.3 Å². The summed E-state index contributed by atoms with van der Waals surface area (Å²) in [5, 5.41) is 9.73. The SMILES string of the molecule is C[C@H](O)c1c(F)cccc1Sc1nc2ccccc2s1. The minimum absolute atomic E-state index is 0.330. The number of hydrogen-bond acceptors (Lipinski definition) is 4. The zero-order valence-corrected chi connectivity index (χ0v) is 12.3. The maximum atomic E-state index is 13.8. The van der Waals surface area contributed by atoms with Crippen LogP contribution in [0.15, 0.2) is 51.7 Å². The average Bonchev–Trinajstić information content (AvgIpc) is 2.80. The lowest BCUT2D eigenvalue weighted by molar-refractivity contribution is 0.191. The van der Waals surface area contributed by atoms with E-state index < -0.39 is 6.10 Å². The van der Waals surface area contributed by atoms with Crippen LogP contribution in [0.3, 0.4) is 0 Å². The monoisotopic (exact) mass is 305 g/mol. The Hall–Kier alpha value is -1.43. The Morgan fingerprint density at radius 1 is 1.20 bits per heavy atom. The number of aliphatic hydroxyl groups excluding tert-OH is 1. The first-order valence-corrected chi connectivity index (χ1v) is 7.78. The number of fused-ring (bicyclic) bond motifs is 1. The third-order valence-corrected chi connectivity index (χ3v) is 5.08. The second-order valence-corrected chi connectivity index (χ2v) is 6.70. The van der Waals surface area contributed by atoms with Crippen LogP contribution in [-0.4, -0.2) is 10.1 Å². The van der Waals surface area contributed by atoms with Crippen LogP contribution in [0.2, 0.25) is 0 Å². The molecule has 0 aliphatic rings. The lowest BCUT2D eigenvalue weighted by Gasteiger charge is -2.11. The van der Waals surface area contributed by atoms with E-state index in [0.29, 0.717) is 10.5 Å². The van der Waals surface area contributed by atoms with Crippen molar-refractivity contribution in [3.05, 3.63) is 53.8 Å². The van der Waals surface area contributed by atoms with E-state index in [1.807, 2.05) is 30.3 Å². The van der Waals surface area contributed by atoms with Crippen molar-refractivity contribution in [2.24, 2.45) is 0 Å². The van der Waals surface area contributed by atoms with Gasteiger partial charge in [-0.1, -0.05) is 30.0 Å². The molecule has 0 aliphatic carbocycles. The van der Waals surface area contributed by atoms with E-state index in [1.165, 1.54) is 17.8 Å². The number of aliphatic hydroxyl groups is 1. The van der Waals surface area contributed by atoms with Gasteiger partial charge in [0.2, 0.25) is 0 Å². The Labute approximate surface area is 124 Å². The number of aromatic nitrogens is 1. The fourth-order valence-electron chi connectivity index (χ4n) is 2.00. The Morgan fingerprint density at radius 2 is 2.00 bits per heavy atom. The smallest absolute Gasteiger partial charge is 0.155 e. The van der Waals surface area contributed by atoms with Gasteiger partial charge in [0.15, 0.2) is 4.34 Å². The second kappa shape index (κ2) is 5.52. The number of hydrogen-bond donors (Lipinski definition) is 1. The summed E-state index contributed by atoms with van der Waals surface area (Å²) in [7, 11) is 0. The number of rotatable bonds is 3. The third-order valence-electron chi connectivity index (χ3n) is 2.90. The highest BCUT2D eigenvalue weighted by Gasteiger charge is 2.15. The maximum Gasteiger partial charge on any atom is 0.155 e. The summed E-state index contributed by atoms with van der Waals surface area (Å²) < 4.78 is 15.8. The predicted molar refractivity (Wildman–Crippen MR) is 80.8 cm³/mol. The molecule has 20 heavy (non-hydrogen) atoms. The van der Waals surface area contributed by atoms with E-state index in [9.17, 15) is 9.50 Å². The highest BCUT2D eigenvalue weighted by Crippen LogP contribution is 2.38. The highest BCUT2D eigenvalue weighted by atomic mass is 32.2.